The Bertz CT molecular complexity index is 535. The van der Waals surface area contributed by atoms with Crippen molar-refractivity contribution in [3.63, 3.8) is 0 Å². The van der Waals surface area contributed by atoms with Crippen molar-refractivity contribution in [1.82, 2.24) is 14.1 Å². The van der Waals surface area contributed by atoms with E-state index in [9.17, 15) is 8.42 Å². The van der Waals surface area contributed by atoms with Crippen LogP contribution >= 0.6 is 0 Å². The fourth-order valence-electron chi connectivity index (χ4n) is 2.34. The van der Waals surface area contributed by atoms with E-state index < -0.39 is 10.0 Å². The van der Waals surface area contributed by atoms with E-state index >= 15 is 0 Å². The van der Waals surface area contributed by atoms with Crippen LogP contribution in [0, 0.1) is 11.8 Å². The number of nitrogens with two attached hydrogens (primary N) is 1. The van der Waals surface area contributed by atoms with E-state index in [1.807, 2.05) is 0 Å². The van der Waals surface area contributed by atoms with Gasteiger partial charge in [0.25, 0.3) is 0 Å². The molecule has 1 aliphatic rings. The van der Waals surface area contributed by atoms with Gasteiger partial charge < -0.3 is 5.73 Å². The summed E-state index contributed by atoms with van der Waals surface area (Å²) in [4.78, 5) is 0.120. The summed E-state index contributed by atoms with van der Waals surface area (Å²) in [5.74, 6) is 1.000. The molecule has 0 aromatic carbocycles. The van der Waals surface area contributed by atoms with Gasteiger partial charge in [-0.3, -0.25) is 4.68 Å². The van der Waals surface area contributed by atoms with Crippen LogP contribution in [-0.2, 0) is 17.1 Å². The summed E-state index contributed by atoms with van der Waals surface area (Å²) in [7, 11) is -1.83. The van der Waals surface area contributed by atoms with E-state index in [4.69, 9.17) is 5.73 Å². The van der Waals surface area contributed by atoms with Crippen LogP contribution in [0.3, 0.4) is 0 Å². The van der Waals surface area contributed by atoms with Gasteiger partial charge in [0.1, 0.15) is 4.90 Å². The lowest BCUT2D eigenvalue weighted by Gasteiger charge is -2.17. The zero-order chi connectivity index (χ0) is 13.5. The standard InChI is InChI=1S/C11H20N4O2S/c1-8(2)9-4-5-15(6-9)18(16,17)10-7-14(3)13-11(10)12/h7-9H,4-6H2,1-3H3,(H2,12,13). The van der Waals surface area contributed by atoms with Gasteiger partial charge in [0.15, 0.2) is 5.82 Å². The van der Waals surface area contributed by atoms with Crippen LogP contribution in [-0.4, -0.2) is 35.6 Å². The number of aromatic nitrogens is 2. The number of sulfonamides is 1. The third kappa shape index (κ3) is 2.24. The molecule has 102 valence electrons. The second kappa shape index (κ2) is 4.55. The molecule has 1 atom stereocenters. The highest BCUT2D eigenvalue weighted by Crippen LogP contribution is 2.29. The normalized spacial score (nSPS) is 21.9. The minimum absolute atomic E-state index is 0.0745. The topological polar surface area (TPSA) is 81.2 Å². The molecule has 0 amide bonds. The molecule has 1 fully saturated rings. The molecule has 1 aliphatic heterocycles. The maximum absolute atomic E-state index is 12.4. The Morgan fingerprint density at radius 1 is 1.50 bits per heavy atom. The first kappa shape index (κ1) is 13.4. The second-order valence-corrected chi connectivity index (χ2v) is 7.11. The minimum atomic E-state index is -3.49. The van der Waals surface area contributed by atoms with Crippen LogP contribution in [0.25, 0.3) is 0 Å². The average molecular weight is 272 g/mol. The third-order valence-electron chi connectivity index (χ3n) is 3.57. The molecule has 0 spiro atoms. The molecule has 1 unspecified atom stereocenters. The Morgan fingerprint density at radius 2 is 2.17 bits per heavy atom. The summed E-state index contributed by atoms with van der Waals surface area (Å²) >= 11 is 0. The highest BCUT2D eigenvalue weighted by Gasteiger charge is 2.35. The predicted octanol–water partition coefficient (Wildman–Crippen LogP) is 0.669. The molecular weight excluding hydrogens is 252 g/mol. The molecule has 1 aromatic heterocycles. The van der Waals surface area contributed by atoms with Crippen molar-refractivity contribution < 1.29 is 8.42 Å². The quantitative estimate of drug-likeness (QED) is 0.877. The van der Waals surface area contributed by atoms with Crippen LogP contribution in [0.5, 0.6) is 0 Å². The first-order valence-corrected chi connectivity index (χ1v) is 7.55. The Morgan fingerprint density at radius 3 is 2.61 bits per heavy atom. The first-order valence-electron chi connectivity index (χ1n) is 6.11. The van der Waals surface area contributed by atoms with Gasteiger partial charge in [-0.15, -0.1) is 0 Å². The lowest BCUT2D eigenvalue weighted by atomic mass is 9.96. The van der Waals surface area contributed by atoms with E-state index in [0.717, 1.165) is 6.42 Å². The van der Waals surface area contributed by atoms with Gasteiger partial charge in [-0.25, -0.2) is 8.42 Å². The highest BCUT2D eigenvalue weighted by molar-refractivity contribution is 7.89. The summed E-state index contributed by atoms with van der Waals surface area (Å²) in [5, 5.41) is 3.89. The van der Waals surface area contributed by atoms with Crippen molar-refractivity contribution in [2.45, 2.75) is 25.2 Å². The molecule has 2 heterocycles. The molecule has 1 aromatic rings. The second-order valence-electron chi connectivity index (χ2n) is 5.21. The zero-order valence-corrected chi connectivity index (χ0v) is 11.8. The van der Waals surface area contributed by atoms with Gasteiger partial charge in [0.2, 0.25) is 10.0 Å². The third-order valence-corrected chi connectivity index (χ3v) is 5.45. The summed E-state index contributed by atoms with van der Waals surface area (Å²) in [5.41, 5.74) is 5.65. The minimum Gasteiger partial charge on any atom is -0.381 e. The molecule has 0 aliphatic carbocycles. The fourth-order valence-corrected chi connectivity index (χ4v) is 3.94. The smallest absolute Gasteiger partial charge is 0.248 e. The van der Waals surface area contributed by atoms with Crippen molar-refractivity contribution in [2.24, 2.45) is 18.9 Å². The van der Waals surface area contributed by atoms with Gasteiger partial charge in [0.05, 0.1) is 0 Å². The van der Waals surface area contributed by atoms with Crippen molar-refractivity contribution in [2.75, 3.05) is 18.8 Å². The van der Waals surface area contributed by atoms with Crippen LogP contribution < -0.4 is 5.73 Å². The maximum atomic E-state index is 12.4. The van der Waals surface area contributed by atoms with Crippen LogP contribution in [0.2, 0.25) is 0 Å². The Balaban J connectivity index is 2.26. The lowest BCUT2D eigenvalue weighted by molar-refractivity contribution is 0.388. The number of nitrogens with zero attached hydrogens (tertiary/aromatic N) is 3. The Labute approximate surface area is 108 Å². The molecule has 18 heavy (non-hydrogen) atoms. The summed E-state index contributed by atoms with van der Waals surface area (Å²) in [6, 6.07) is 0. The van der Waals surface area contributed by atoms with E-state index in [0.29, 0.717) is 24.9 Å². The van der Waals surface area contributed by atoms with Crippen molar-refractivity contribution in [1.29, 1.82) is 0 Å². The van der Waals surface area contributed by atoms with Crippen LogP contribution in [0.15, 0.2) is 11.1 Å². The number of nitrogen functional groups attached to an aromatic ring is 1. The number of aryl methyl sites for hydroxylation is 1. The van der Waals surface area contributed by atoms with Gasteiger partial charge in [-0.1, -0.05) is 13.8 Å². The highest BCUT2D eigenvalue weighted by atomic mass is 32.2. The number of anilines is 1. The SMILES string of the molecule is CC(C)C1CCN(S(=O)(=O)c2cn(C)nc2N)C1. The van der Waals surface area contributed by atoms with Crippen molar-refractivity contribution in [3.8, 4) is 0 Å². The largest absolute Gasteiger partial charge is 0.381 e. The number of rotatable bonds is 3. The molecule has 1 saturated heterocycles. The molecule has 7 heteroatoms. The zero-order valence-electron chi connectivity index (χ0n) is 11.0. The molecule has 0 bridgehead atoms. The number of hydrogen-bond acceptors (Lipinski definition) is 4. The molecule has 2 N–H and O–H groups in total. The van der Waals surface area contributed by atoms with E-state index in [-0.39, 0.29) is 10.7 Å². The van der Waals surface area contributed by atoms with Crippen molar-refractivity contribution in [3.05, 3.63) is 6.20 Å². The molecular formula is C11H20N4O2S. The van der Waals surface area contributed by atoms with Gasteiger partial charge in [0, 0.05) is 26.3 Å². The average Bonchev–Trinajstić information content (AvgIpc) is 2.85. The number of hydrogen-bond donors (Lipinski definition) is 1. The lowest BCUT2D eigenvalue weighted by Crippen LogP contribution is -2.29. The first-order chi connectivity index (χ1) is 8.32. The van der Waals surface area contributed by atoms with Crippen LogP contribution in [0.1, 0.15) is 20.3 Å². The van der Waals surface area contributed by atoms with E-state index in [1.165, 1.54) is 15.2 Å². The molecule has 0 radical (unpaired) electrons. The van der Waals surface area contributed by atoms with Gasteiger partial charge in [-0.2, -0.15) is 9.40 Å². The van der Waals surface area contributed by atoms with Gasteiger partial charge >= 0.3 is 0 Å². The van der Waals surface area contributed by atoms with Crippen molar-refractivity contribution >= 4 is 15.8 Å². The Hall–Kier alpha value is -1.08. The molecule has 2 rings (SSSR count). The van der Waals surface area contributed by atoms with E-state index in [1.54, 1.807) is 7.05 Å². The molecule has 6 nitrogen and oxygen atoms in total. The predicted molar refractivity (Wildman–Crippen MR) is 69.3 cm³/mol. The monoisotopic (exact) mass is 272 g/mol. The van der Waals surface area contributed by atoms with Gasteiger partial charge in [-0.05, 0) is 18.3 Å². The fraction of sp³-hybridized carbons (Fsp3) is 0.727. The maximum Gasteiger partial charge on any atom is 0.248 e. The summed E-state index contributed by atoms with van der Waals surface area (Å²) in [6.07, 6.45) is 2.38. The van der Waals surface area contributed by atoms with E-state index in [2.05, 4.69) is 18.9 Å². The Kier molecular flexibility index (Phi) is 3.37. The van der Waals surface area contributed by atoms with Crippen LogP contribution in [0.4, 0.5) is 5.82 Å². The molecule has 0 saturated carbocycles. The summed E-state index contributed by atoms with van der Waals surface area (Å²) in [6.45, 7) is 5.40. The summed E-state index contributed by atoms with van der Waals surface area (Å²) < 4.78 is 27.8.